The molecule has 0 spiro atoms. The zero-order valence-corrected chi connectivity index (χ0v) is 12.6. The minimum absolute atomic E-state index is 0.210. The highest BCUT2D eigenvalue weighted by Crippen LogP contribution is 2.19. The number of nitrogens with zero attached hydrogens (tertiary/aromatic N) is 1. The van der Waals surface area contributed by atoms with Crippen molar-refractivity contribution in [2.24, 2.45) is 0 Å². The van der Waals surface area contributed by atoms with E-state index >= 15 is 0 Å². The number of rotatable bonds is 4. The molecule has 1 fully saturated rings. The topological polar surface area (TPSA) is 51.1 Å². The lowest BCUT2D eigenvalue weighted by Crippen LogP contribution is -2.41. The number of carbonyl (C=O) groups excluding carboxylic acids is 1. The Balaban J connectivity index is 2.10. The summed E-state index contributed by atoms with van der Waals surface area (Å²) in [5, 5.41) is 3.87. The highest BCUT2D eigenvalue weighted by Gasteiger charge is 2.22. The van der Waals surface area contributed by atoms with Gasteiger partial charge >= 0.3 is 0 Å². The Morgan fingerprint density at radius 1 is 1.36 bits per heavy atom. The maximum atomic E-state index is 13.4. The number of hydrogen-bond acceptors (Lipinski definition) is 2. The van der Waals surface area contributed by atoms with E-state index in [1.165, 1.54) is 16.7 Å². The van der Waals surface area contributed by atoms with Crippen LogP contribution in [0.2, 0.25) is 0 Å². The maximum absolute atomic E-state index is 13.4. The van der Waals surface area contributed by atoms with Crippen LogP contribution in [0.3, 0.4) is 0 Å². The van der Waals surface area contributed by atoms with Crippen LogP contribution >= 0.6 is 0 Å². The SMILES string of the molecule is CCCn1c(C(=O)NC2CCC2)cc2ccc(F)cc2c1=O. The molecule has 0 saturated heterocycles. The molecule has 1 saturated carbocycles. The lowest BCUT2D eigenvalue weighted by atomic mass is 9.93. The summed E-state index contributed by atoms with van der Waals surface area (Å²) in [4.78, 5) is 25.0. The highest BCUT2D eigenvalue weighted by molar-refractivity contribution is 5.96. The van der Waals surface area contributed by atoms with E-state index in [2.05, 4.69) is 5.32 Å². The fourth-order valence-corrected chi connectivity index (χ4v) is 2.77. The molecule has 1 aromatic heterocycles. The maximum Gasteiger partial charge on any atom is 0.268 e. The smallest absolute Gasteiger partial charge is 0.268 e. The number of halogens is 1. The summed E-state index contributed by atoms with van der Waals surface area (Å²) >= 11 is 0. The molecule has 0 bridgehead atoms. The predicted octanol–water partition coefficient (Wildman–Crippen LogP) is 2.83. The van der Waals surface area contributed by atoms with Gasteiger partial charge in [0.1, 0.15) is 11.5 Å². The van der Waals surface area contributed by atoms with Gasteiger partial charge in [0.05, 0.1) is 5.39 Å². The van der Waals surface area contributed by atoms with E-state index in [9.17, 15) is 14.0 Å². The molecule has 1 N–H and O–H groups in total. The summed E-state index contributed by atoms with van der Waals surface area (Å²) in [5.41, 5.74) is 0.0514. The molecule has 1 aliphatic rings. The molecule has 3 rings (SSSR count). The molecule has 4 nitrogen and oxygen atoms in total. The molecule has 5 heteroatoms. The van der Waals surface area contributed by atoms with Crippen molar-refractivity contribution in [3.8, 4) is 0 Å². The minimum atomic E-state index is -0.445. The third-order valence-electron chi connectivity index (χ3n) is 4.19. The van der Waals surface area contributed by atoms with Crippen molar-refractivity contribution in [1.29, 1.82) is 0 Å². The number of pyridine rings is 1. The lowest BCUT2D eigenvalue weighted by Gasteiger charge is -2.27. The van der Waals surface area contributed by atoms with Crippen LogP contribution in [-0.4, -0.2) is 16.5 Å². The quantitative estimate of drug-likeness (QED) is 0.944. The van der Waals surface area contributed by atoms with Gasteiger partial charge in [-0.2, -0.15) is 0 Å². The van der Waals surface area contributed by atoms with Gasteiger partial charge in [-0.05, 0) is 49.3 Å². The zero-order valence-electron chi connectivity index (χ0n) is 12.6. The van der Waals surface area contributed by atoms with Crippen LogP contribution in [-0.2, 0) is 6.54 Å². The second kappa shape index (κ2) is 5.91. The number of carbonyl (C=O) groups is 1. The third-order valence-corrected chi connectivity index (χ3v) is 4.19. The molecule has 0 atom stereocenters. The van der Waals surface area contributed by atoms with E-state index in [-0.39, 0.29) is 17.5 Å². The first kappa shape index (κ1) is 14.8. The summed E-state index contributed by atoms with van der Waals surface area (Å²) < 4.78 is 14.8. The summed E-state index contributed by atoms with van der Waals surface area (Å²) in [5.74, 6) is -0.666. The molecule has 0 unspecified atom stereocenters. The Morgan fingerprint density at radius 3 is 2.77 bits per heavy atom. The molecule has 2 aromatic rings. The van der Waals surface area contributed by atoms with E-state index in [1.54, 1.807) is 12.1 Å². The summed E-state index contributed by atoms with van der Waals surface area (Å²) in [6.45, 7) is 2.38. The van der Waals surface area contributed by atoms with E-state index in [4.69, 9.17) is 0 Å². The molecule has 1 heterocycles. The van der Waals surface area contributed by atoms with Crippen molar-refractivity contribution >= 4 is 16.7 Å². The number of nitrogens with one attached hydrogen (secondary N) is 1. The first-order chi connectivity index (χ1) is 10.6. The molecule has 1 aliphatic carbocycles. The normalized spacial score (nSPS) is 14.8. The highest BCUT2D eigenvalue weighted by atomic mass is 19.1. The number of hydrogen-bond donors (Lipinski definition) is 1. The van der Waals surface area contributed by atoms with Gasteiger partial charge < -0.3 is 9.88 Å². The first-order valence-electron chi connectivity index (χ1n) is 7.74. The Morgan fingerprint density at radius 2 is 2.14 bits per heavy atom. The Hall–Kier alpha value is -2.17. The average Bonchev–Trinajstić information content (AvgIpc) is 2.46. The van der Waals surface area contributed by atoms with Gasteiger partial charge in [-0.25, -0.2) is 4.39 Å². The molecule has 1 aromatic carbocycles. The standard InChI is InChI=1S/C17H19FN2O2/c1-2-8-20-15(16(21)19-13-4-3-5-13)9-11-6-7-12(18)10-14(11)17(20)22/h6-7,9-10,13H,2-5,8H2,1H3,(H,19,21). The number of fused-ring (bicyclic) bond motifs is 1. The Labute approximate surface area is 127 Å². The number of aromatic nitrogens is 1. The van der Waals surface area contributed by atoms with Crippen LogP contribution in [0.15, 0.2) is 29.1 Å². The zero-order chi connectivity index (χ0) is 15.7. The van der Waals surface area contributed by atoms with E-state index in [0.29, 0.717) is 23.0 Å². The first-order valence-corrected chi connectivity index (χ1v) is 7.74. The fourth-order valence-electron chi connectivity index (χ4n) is 2.77. The van der Waals surface area contributed by atoms with Gasteiger partial charge in [0.2, 0.25) is 0 Å². The van der Waals surface area contributed by atoms with Crippen LogP contribution < -0.4 is 10.9 Å². The molecule has 0 aliphatic heterocycles. The summed E-state index contributed by atoms with van der Waals surface area (Å²) in [7, 11) is 0. The van der Waals surface area contributed by atoms with Crippen LogP contribution in [0.4, 0.5) is 4.39 Å². The average molecular weight is 302 g/mol. The van der Waals surface area contributed by atoms with Crippen LogP contribution in [0.25, 0.3) is 10.8 Å². The molecule has 22 heavy (non-hydrogen) atoms. The van der Waals surface area contributed by atoms with Crippen molar-refractivity contribution in [3.63, 3.8) is 0 Å². The van der Waals surface area contributed by atoms with Gasteiger partial charge in [-0.3, -0.25) is 9.59 Å². The van der Waals surface area contributed by atoms with E-state index in [0.717, 1.165) is 25.7 Å². The lowest BCUT2D eigenvalue weighted by molar-refractivity contribution is 0.0906. The van der Waals surface area contributed by atoms with Crippen LogP contribution in [0.1, 0.15) is 43.1 Å². The Kier molecular flexibility index (Phi) is 3.96. The van der Waals surface area contributed by atoms with Crippen molar-refractivity contribution < 1.29 is 9.18 Å². The second-order valence-corrected chi connectivity index (χ2v) is 5.82. The van der Waals surface area contributed by atoms with Crippen LogP contribution in [0.5, 0.6) is 0 Å². The summed E-state index contributed by atoms with van der Waals surface area (Å²) in [6.07, 6.45) is 3.83. The van der Waals surface area contributed by atoms with Crippen molar-refractivity contribution in [2.75, 3.05) is 0 Å². The van der Waals surface area contributed by atoms with Crippen molar-refractivity contribution in [1.82, 2.24) is 9.88 Å². The largest absolute Gasteiger partial charge is 0.348 e. The number of benzene rings is 1. The van der Waals surface area contributed by atoms with Gasteiger partial charge in [0.25, 0.3) is 11.5 Å². The van der Waals surface area contributed by atoms with Crippen molar-refractivity contribution in [3.05, 3.63) is 46.1 Å². The molecular formula is C17H19FN2O2. The second-order valence-electron chi connectivity index (χ2n) is 5.82. The van der Waals surface area contributed by atoms with Gasteiger partial charge in [-0.1, -0.05) is 13.0 Å². The fraction of sp³-hybridized carbons (Fsp3) is 0.412. The molecule has 1 amide bonds. The van der Waals surface area contributed by atoms with Gasteiger partial charge in [-0.15, -0.1) is 0 Å². The predicted molar refractivity (Wildman–Crippen MR) is 83.6 cm³/mol. The van der Waals surface area contributed by atoms with E-state index in [1.807, 2.05) is 6.92 Å². The number of amides is 1. The molecular weight excluding hydrogens is 283 g/mol. The summed E-state index contributed by atoms with van der Waals surface area (Å²) in [6, 6.07) is 5.97. The minimum Gasteiger partial charge on any atom is -0.348 e. The van der Waals surface area contributed by atoms with Gasteiger partial charge in [0, 0.05) is 12.6 Å². The molecule has 0 radical (unpaired) electrons. The van der Waals surface area contributed by atoms with Crippen LogP contribution in [0, 0.1) is 5.82 Å². The van der Waals surface area contributed by atoms with E-state index < -0.39 is 5.82 Å². The van der Waals surface area contributed by atoms with Crippen molar-refractivity contribution in [2.45, 2.75) is 45.2 Å². The third kappa shape index (κ3) is 2.63. The Bertz CT molecular complexity index is 778. The monoisotopic (exact) mass is 302 g/mol. The van der Waals surface area contributed by atoms with Gasteiger partial charge in [0.15, 0.2) is 0 Å². The molecule has 116 valence electrons.